The molecule has 0 bridgehead atoms. The van der Waals surface area contributed by atoms with Crippen molar-refractivity contribution in [1.82, 2.24) is 9.88 Å². The Morgan fingerprint density at radius 1 is 1.50 bits per heavy atom. The fourth-order valence-corrected chi connectivity index (χ4v) is 1.71. The van der Waals surface area contributed by atoms with Gasteiger partial charge >= 0.3 is 0 Å². The molecule has 0 radical (unpaired) electrons. The van der Waals surface area contributed by atoms with E-state index >= 15 is 0 Å². The normalized spacial score (nSPS) is 19.2. The first-order valence-corrected chi connectivity index (χ1v) is 5.40. The van der Waals surface area contributed by atoms with Gasteiger partial charge in [-0.3, -0.25) is 14.5 Å². The molecule has 1 unspecified atom stereocenters. The predicted octanol–water partition coefficient (Wildman–Crippen LogP) is -0.158. The molecule has 0 spiro atoms. The number of amides is 2. The van der Waals surface area contributed by atoms with Crippen molar-refractivity contribution in [2.24, 2.45) is 0 Å². The molecule has 96 valence electrons. The van der Waals surface area contributed by atoms with Gasteiger partial charge in [0, 0.05) is 13.1 Å². The number of nitrogens with one attached hydrogen (secondary N) is 1. The number of rotatable bonds is 3. The van der Waals surface area contributed by atoms with E-state index < -0.39 is 6.04 Å². The van der Waals surface area contributed by atoms with E-state index in [0.717, 1.165) is 4.90 Å². The predicted molar refractivity (Wildman–Crippen MR) is 65.0 cm³/mol. The summed E-state index contributed by atoms with van der Waals surface area (Å²) >= 11 is 0. The Hall–Kier alpha value is -2.31. The number of carbonyl (C=O) groups excluding carboxylic acids is 2. The zero-order chi connectivity index (χ0) is 13.3. The number of likely N-dealkylation sites (N-methyl/N-ethyl adjacent to an activating group) is 1. The molecule has 2 heterocycles. The standard InChI is InChI=1S/C11H14N4O3/c1-15-9(16)5-7(11(15)17)13-10-6(12)3-4-8(14-10)18-2/h3-4,7H,5,12H2,1-2H3,(H,13,14). The molecule has 1 saturated heterocycles. The molecule has 3 N–H and O–H groups in total. The van der Waals surface area contributed by atoms with E-state index in [1.165, 1.54) is 14.2 Å². The number of anilines is 2. The summed E-state index contributed by atoms with van der Waals surface area (Å²) in [4.78, 5) is 28.3. The van der Waals surface area contributed by atoms with Gasteiger partial charge in [0.15, 0.2) is 5.82 Å². The van der Waals surface area contributed by atoms with Crippen LogP contribution in [0.15, 0.2) is 12.1 Å². The van der Waals surface area contributed by atoms with Crippen LogP contribution < -0.4 is 15.8 Å². The van der Waals surface area contributed by atoms with Crippen molar-refractivity contribution in [2.45, 2.75) is 12.5 Å². The van der Waals surface area contributed by atoms with Crippen molar-refractivity contribution in [3.63, 3.8) is 0 Å². The summed E-state index contributed by atoms with van der Waals surface area (Å²) in [5.74, 6) is 0.218. The molecule has 1 aromatic rings. The largest absolute Gasteiger partial charge is 0.481 e. The Kier molecular flexibility index (Phi) is 3.05. The Labute approximate surface area is 104 Å². The second-order valence-corrected chi connectivity index (χ2v) is 3.98. The highest BCUT2D eigenvalue weighted by atomic mass is 16.5. The maximum atomic E-state index is 11.7. The van der Waals surface area contributed by atoms with Gasteiger partial charge in [-0.05, 0) is 6.07 Å². The number of nitrogen functional groups attached to an aromatic ring is 1. The van der Waals surface area contributed by atoms with Gasteiger partial charge in [0.1, 0.15) is 6.04 Å². The number of carbonyl (C=O) groups is 2. The van der Waals surface area contributed by atoms with Gasteiger partial charge in [-0.25, -0.2) is 0 Å². The van der Waals surface area contributed by atoms with Crippen LogP contribution in [0, 0.1) is 0 Å². The lowest BCUT2D eigenvalue weighted by Gasteiger charge is -2.13. The molecule has 0 aromatic carbocycles. The van der Waals surface area contributed by atoms with Crippen LogP contribution in [0.2, 0.25) is 0 Å². The van der Waals surface area contributed by atoms with Crippen LogP contribution >= 0.6 is 0 Å². The van der Waals surface area contributed by atoms with Crippen molar-refractivity contribution >= 4 is 23.3 Å². The molecule has 7 nitrogen and oxygen atoms in total. The Morgan fingerprint density at radius 2 is 2.22 bits per heavy atom. The number of nitrogens with two attached hydrogens (primary N) is 1. The molecular formula is C11H14N4O3. The van der Waals surface area contributed by atoms with Crippen LogP contribution in [0.3, 0.4) is 0 Å². The topological polar surface area (TPSA) is 97.5 Å². The Morgan fingerprint density at radius 3 is 2.78 bits per heavy atom. The number of hydrogen-bond donors (Lipinski definition) is 2. The number of nitrogens with zero attached hydrogens (tertiary/aromatic N) is 2. The minimum atomic E-state index is -0.621. The van der Waals surface area contributed by atoms with Crippen LogP contribution in [0.25, 0.3) is 0 Å². The van der Waals surface area contributed by atoms with Crippen LogP contribution in [-0.4, -0.2) is 41.9 Å². The van der Waals surface area contributed by atoms with Crippen molar-refractivity contribution in [3.8, 4) is 5.88 Å². The Balaban J connectivity index is 2.19. The van der Waals surface area contributed by atoms with Gasteiger partial charge in [-0.2, -0.15) is 4.98 Å². The number of imide groups is 1. The summed E-state index contributed by atoms with van der Waals surface area (Å²) in [6, 6.07) is 2.62. The molecule has 0 aliphatic carbocycles. The number of aromatic nitrogens is 1. The summed E-state index contributed by atoms with van der Waals surface area (Å²) < 4.78 is 4.97. The average Bonchev–Trinajstić information content (AvgIpc) is 2.60. The molecule has 7 heteroatoms. The van der Waals surface area contributed by atoms with E-state index in [0.29, 0.717) is 17.4 Å². The smallest absolute Gasteiger partial charge is 0.251 e. The summed E-state index contributed by atoms with van der Waals surface area (Å²) in [5.41, 5.74) is 6.14. The van der Waals surface area contributed by atoms with Gasteiger partial charge in [-0.1, -0.05) is 0 Å². The van der Waals surface area contributed by atoms with E-state index in [9.17, 15) is 9.59 Å². The van der Waals surface area contributed by atoms with Gasteiger partial charge in [-0.15, -0.1) is 0 Å². The van der Waals surface area contributed by atoms with Crippen LogP contribution in [0.5, 0.6) is 5.88 Å². The zero-order valence-electron chi connectivity index (χ0n) is 10.1. The minimum absolute atomic E-state index is 0.105. The van der Waals surface area contributed by atoms with Crippen molar-refractivity contribution < 1.29 is 14.3 Å². The number of pyridine rings is 1. The van der Waals surface area contributed by atoms with E-state index in [-0.39, 0.29) is 18.2 Å². The summed E-state index contributed by atoms with van der Waals surface area (Å²) in [6.45, 7) is 0. The van der Waals surface area contributed by atoms with Crippen LogP contribution in [-0.2, 0) is 9.59 Å². The van der Waals surface area contributed by atoms with E-state index in [1.807, 2.05) is 0 Å². The number of hydrogen-bond acceptors (Lipinski definition) is 6. The second-order valence-electron chi connectivity index (χ2n) is 3.98. The first-order chi connectivity index (χ1) is 8.52. The summed E-state index contributed by atoms with van der Waals surface area (Å²) in [6.07, 6.45) is 0.105. The molecular weight excluding hydrogens is 236 g/mol. The van der Waals surface area contributed by atoms with Crippen LogP contribution in [0.4, 0.5) is 11.5 Å². The minimum Gasteiger partial charge on any atom is -0.481 e. The third-order valence-corrected chi connectivity index (χ3v) is 2.80. The third kappa shape index (κ3) is 2.06. The molecule has 0 saturated carbocycles. The quantitative estimate of drug-likeness (QED) is 0.723. The van der Waals surface area contributed by atoms with Crippen LogP contribution in [0.1, 0.15) is 6.42 Å². The highest BCUT2D eigenvalue weighted by molar-refractivity contribution is 6.06. The van der Waals surface area contributed by atoms with E-state index in [4.69, 9.17) is 10.5 Å². The van der Waals surface area contributed by atoms with Gasteiger partial charge in [0.25, 0.3) is 5.91 Å². The lowest BCUT2D eigenvalue weighted by atomic mass is 10.2. The number of ether oxygens (including phenoxy) is 1. The average molecular weight is 250 g/mol. The highest BCUT2D eigenvalue weighted by Gasteiger charge is 2.36. The SMILES string of the molecule is COc1ccc(N)c(NC2CC(=O)N(C)C2=O)n1. The van der Waals surface area contributed by atoms with Crippen molar-refractivity contribution in [2.75, 3.05) is 25.2 Å². The van der Waals surface area contributed by atoms with E-state index in [2.05, 4.69) is 10.3 Å². The number of likely N-dealkylation sites (tertiary alicyclic amines) is 1. The maximum absolute atomic E-state index is 11.7. The molecule has 1 aromatic heterocycles. The third-order valence-electron chi connectivity index (χ3n) is 2.80. The lowest BCUT2D eigenvalue weighted by molar-refractivity contribution is -0.136. The summed E-state index contributed by atoms with van der Waals surface area (Å²) in [5, 5.41) is 2.87. The van der Waals surface area contributed by atoms with Crippen molar-refractivity contribution in [3.05, 3.63) is 12.1 Å². The first kappa shape index (κ1) is 12.2. The molecule has 18 heavy (non-hydrogen) atoms. The van der Waals surface area contributed by atoms with Gasteiger partial charge in [0.2, 0.25) is 11.8 Å². The molecule has 1 atom stereocenters. The van der Waals surface area contributed by atoms with Gasteiger partial charge < -0.3 is 15.8 Å². The fraction of sp³-hybridized carbons (Fsp3) is 0.364. The Bertz CT molecular complexity index is 503. The molecule has 1 fully saturated rings. The highest BCUT2D eigenvalue weighted by Crippen LogP contribution is 2.23. The second kappa shape index (κ2) is 4.52. The zero-order valence-corrected chi connectivity index (χ0v) is 10.1. The fourth-order valence-electron chi connectivity index (χ4n) is 1.71. The maximum Gasteiger partial charge on any atom is 0.251 e. The van der Waals surface area contributed by atoms with Crippen molar-refractivity contribution in [1.29, 1.82) is 0 Å². The lowest BCUT2D eigenvalue weighted by Crippen LogP contribution is -2.32. The monoisotopic (exact) mass is 250 g/mol. The molecule has 2 rings (SSSR count). The molecule has 2 amide bonds. The molecule has 1 aliphatic heterocycles. The number of methoxy groups -OCH3 is 1. The van der Waals surface area contributed by atoms with Gasteiger partial charge in [0.05, 0.1) is 19.2 Å². The molecule has 1 aliphatic rings. The first-order valence-electron chi connectivity index (χ1n) is 5.40. The van der Waals surface area contributed by atoms with E-state index in [1.54, 1.807) is 12.1 Å². The summed E-state index contributed by atoms with van der Waals surface area (Å²) in [7, 11) is 2.94.